The minimum absolute atomic E-state index is 0.0179. The predicted octanol–water partition coefficient (Wildman–Crippen LogP) is 3.95. The standard InChI is InChI=1S/C26H24ClFN4O3/c1-3-8-29-9-5-10-31-24(34)26(2)14-18-17-12-19(27)20(28)13-21(17)30-22(18)23(32(26)25(31)35)15-6-4-7-16(33)11-15/h1,4,6-7,11-13,23,29-30,33H,5,8-10,14H2,2H3/t23-,26+/m1/s1. The van der Waals surface area contributed by atoms with E-state index in [0.717, 1.165) is 5.56 Å². The molecule has 0 saturated carbocycles. The van der Waals surface area contributed by atoms with Crippen molar-refractivity contribution in [2.75, 3.05) is 19.6 Å². The monoisotopic (exact) mass is 494 g/mol. The lowest BCUT2D eigenvalue weighted by Gasteiger charge is -2.42. The van der Waals surface area contributed by atoms with Crippen LogP contribution in [0.5, 0.6) is 5.75 Å². The lowest BCUT2D eigenvalue weighted by atomic mass is 9.81. The number of imide groups is 1. The number of aromatic amines is 1. The SMILES string of the molecule is C#CCNCCCN1C(=O)N2[C@H](c3cccc(O)c3)c3[nH]c4cc(F)c(Cl)cc4c3C[C@@]2(C)C1=O. The van der Waals surface area contributed by atoms with Crippen LogP contribution in [0.4, 0.5) is 9.18 Å². The number of terminal acetylenes is 1. The molecule has 3 amide bonds. The lowest BCUT2D eigenvalue weighted by Crippen LogP contribution is -2.53. The Kier molecular flexibility index (Phi) is 5.70. The number of phenols is 1. The maximum atomic E-state index is 14.2. The molecule has 3 heterocycles. The molecule has 2 atom stereocenters. The summed E-state index contributed by atoms with van der Waals surface area (Å²) in [6.45, 7) is 2.99. The number of benzene rings is 2. The van der Waals surface area contributed by atoms with E-state index in [9.17, 15) is 19.1 Å². The number of carbonyl (C=O) groups is 2. The number of phenolic OH excluding ortho intramolecular Hbond substituents is 1. The summed E-state index contributed by atoms with van der Waals surface area (Å²) in [4.78, 5) is 33.5. The number of urea groups is 1. The van der Waals surface area contributed by atoms with Gasteiger partial charge in [-0.1, -0.05) is 29.7 Å². The van der Waals surface area contributed by atoms with Crippen molar-refractivity contribution in [2.45, 2.75) is 31.3 Å². The van der Waals surface area contributed by atoms with Gasteiger partial charge in [0, 0.05) is 29.6 Å². The first-order valence-corrected chi connectivity index (χ1v) is 11.7. The summed E-state index contributed by atoms with van der Waals surface area (Å²) in [6, 6.07) is 8.37. The first kappa shape index (κ1) is 23.2. The molecule has 2 aliphatic heterocycles. The van der Waals surface area contributed by atoms with Gasteiger partial charge in [0.05, 0.1) is 11.6 Å². The zero-order valence-corrected chi connectivity index (χ0v) is 19.8. The minimum Gasteiger partial charge on any atom is -0.508 e. The third-order valence-electron chi connectivity index (χ3n) is 6.86. The molecule has 180 valence electrons. The predicted molar refractivity (Wildman–Crippen MR) is 131 cm³/mol. The second-order valence-electron chi connectivity index (χ2n) is 9.12. The average Bonchev–Trinajstić information content (AvgIpc) is 3.24. The summed E-state index contributed by atoms with van der Waals surface area (Å²) in [5.74, 6) is 1.68. The van der Waals surface area contributed by atoms with Crippen molar-refractivity contribution in [2.24, 2.45) is 0 Å². The summed E-state index contributed by atoms with van der Waals surface area (Å²) >= 11 is 6.10. The molecule has 9 heteroatoms. The van der Waals surface area contributed by atoms with Crippen molar-refractivity contribution in [3.8, 4) is 18.1 Å². The Morgan fingerprint density at radius 2 is 2.14 bits per heavy atom. The van der Waals surface area contributed by atoms with Gasteiger partial charge in [-0.05, 0) is 55.3 Å². The number of hydrogen-bond donors (Lipinski definition) is 3. The molecule has 3 aromatic rings. The highest BCUT2D eigenvalue weighted by molar-refractivity contribution is 6.31. The van der Waals surface area contributed by atoms with E-state index in [2.05, 4.69) is 16.2 Å². The fourth-order valence-electron chi connectivity index (χ4n) is 5.27. The minimum atomic E-state index is -1.16. The van der Waals surface area contributed by atoms with Gasteiger partial charge in [0.2, 0.25) is 0 Å². The van der Waals surface area contributed by atoms with Crippen molar-refractivity contribution in [3.05, 3.63) is 64.1 Å². The number of rotatable bonds is 6. The van der Waals surface area contributed by atoms with Gasteiger partial charge in [0.1, 0.15) is 23.1 Å². The molecule has 0 bridgehead atoms. The first-order valence-electron chi connectivity index (χ1n) is 11.3. The summed E-state index contributed by atoms with van der Waals surface area (Å²) < 4.78 is 14.2. The van der Waals surface area contributed by atoms with Gasteiger partial charge < -0.3 is 15.4 Å². The number of H-pyrrole nitrogens is 1. The molecule has 1 aromatic heterocycles. The van der Waals surface area contributed by atoms with E-state index in [-0.39, 0.29) is 29.6 Å². The summed E-state index contributed by atoms with van der Waals surface area (Å²) in [5.41, 5.74) is 1.47. The molecule has 1 fully saturated rings. The van der Waals surface area contributed by atoms with E-state index in [1.54, 1.807) is 42.2 Å². The quantitative estimate of drug-likeness (QED) is 0.275. The Balaban J connectivity index is 1.62. The van der Waals surface area contributed by atoms with Crippen molar-refractivity contribution in [1.29, 1.82) is 0 Å². The van der Waals surface area contributed by atoms with Gasteiger partial charge in [0.15, 0.2) is 0 Å². The normalized spacial score (nSPS) is 21.4. The van der Waals surface area contributed by atoms with Crippen LogP contribution in [0.2, 0.25) is 5.02 Å². The molecule has 35 heavy (non-hydrogen) atoms. The molecule has 0 radical (unpaired) electrons. The Bertz CT molecular complexity index is 1400. The van der Waals surface area contributed by atoms with Gasteiger partial charge >= 0.3 is 6.03 Å². The number of hydrogen-bond acceptors (Lipinski definition) is 4. The van der Waals surface area contributed by atoms with Gasteiger partial charge in [0.25, 0.3) is 5.91 Å². The smallest absolute Gasteiger partial charge is 0.328 e. The fourth-order valence-corrected chi connectivity index (χ4v) is 5.43. The van der Waals surface area contributed by atoms with Crippen LogP contribution in [-0.2, 0) is 11.2 Å². The molecule has 3 N–H and O–H groups in total. The maximum absolute atomic E-state index is 14.2. The van der Waals surface area contributed by atoms with Crippen molar-refractivity contribution < 1.29 is 19.1 Å². The largest absolute Gasteiger partial charge is 0.508 e. The highest BCUT2D eigenvalue weighted by Gasteiger charge is 2.60. The Morgan fingerprint density at radius 3 is 2.89 bits per heavy atom. The summed E-state index contributed by atoms with van der Waals surface area (Å²) in [6.07, 6.45) is 6.06. The molecule has 0 unspecified atom stereocenters. The zero-order valence-electron chi connectivity index (χ0n) is 19.1. The van der Waals surface area contributed by atoms with Crippen LogP contribution in [0, 0.1) is 18.2 Å². The van der Waals surface area contributed by atoms with Crippen LogP contribution in [0.3, 0.4) is 0 Å². The molecule has 7 nitrogen and oxygen atoms in total. The van der Waals surface area contributed by atoms with Crippen LogP contribution in [0.15, 0.2) is 36.4 Å². The second-order valence-corrected chi connectivity index (χ2v) is 9.53. The van der Waals surface area contributed by atoms with E-state index in [4.69, 9.17) is 18.0 Å². The van der Waals surface area contributed by atoms with E-state index < -0.39 is 23.4 Å². The van der Waals surface area contributed by atoms with Crippen LogP contribution in [0.1, 0.15) is 36.2 Å². The number of aromatic hydroxyl groups is 1. The molecule has 0 aliphatic carbocycles. The fraction of sp³-hybridized carbons (Fsp3) is 0.308. The topological polar surface area (TPSA) is 88.7 Å². The van der Waals surface area contributed by atoms with Crippen molar-refractivity contribution in [1.82, 2.24) is 20.1 Å². The molecular weight excluding hydrogens is 471 g/mol. The lowest BCUT2D eigenvalue weighted by molar-refractivity contribution is -0.133. The Hall–Kier alpha value is -3.54. The van der Waals surface area contributed by atoms with E-state index in [0.29, 0.717) is 41.7 Å². The number of carbonyl (C=O) groups excluding carboxylic acids is 2. The highest BCUT2D eigenvalue weighted by atomic mass is 35.5. The number of amides is 3. The maximum Gasteiger partial charge on any atom is 0.328 e. The molecule has 2 aromatic carbocycles. The number of halogens is 2. The van der Waals surface area contributed by atoms with Crippen molar-refractivity contribution in [3.63, 3.8) is 0 Å². The van der Waals surface area contributed by atoms with E-state index in [1.807, 2.05) is 0 Å². The molecule has 5 rings (SSSR count). The number of nitrogens with zero attached hydrogens (tertiary/aromatic N) is 2. The van der Waals surface area contributed by atoms with Gasteiger partial charge in [-0.15, -0.1) is 6.42 Å². The number of aromatic nitrogens is 1. The van der Waals surface area contributed by atoms with Crippen molar-refractivity contribution >= 4 is 34.4 Å². The molecule has 2 aliphatic rings. The van der Waals surface area contributed by atoms with E-state index in [1.165, 1.54) is 11.0 Å². The average molecular weight is 495 g/mol. The van der Waals surface area contributed by atoms with Crippen LogP contribution in [-0.4, -0.2) is 57.0 Å². The van der Waals surface area contributed by atoms with Crippen LogP contribution >= 0.6 is 11.6 Å². The summed E-state index contributed by atoms with van der Waals surface area (Å²) in [5, 5.41) is 13.9. The second kappa shape index (κ2) is 8.59. The van der Waals surface area contributed by atoms with Gasteiger partial charge in [-0.2, -0.15) is 0 Å². The molecular formula is C26H24ClFN4O3. The van der Waals surface area contributed by atoms with E-state index >= 15 is 0 Å². The molecule has 0 spiro atoms. The van der Waals surface area contributed by atoms with Gasteiger partial charge in [-0.25, -0.2) is 9.18 Å². The highest BCUT2D eigenvalue weighted by Crippen LogP contribution is 2.49. The van der Waals surface area contributed by atoms with Crippen LogP contribution < -0.4 is 5.32 Å². The Morgan fingerprint density at radius 1 is 1.34 bits per heavy atom. The molecule has 1 saturated heterocycles. The summed E-state index contributed by atoms with van der Waals surface area (Å²) in [7, 11) is 0. The zero-order chi connectivity index (χ0) is 24.9. The third-order valence-corrected chi connectivity index (χ3v) is 7.15. The number of fused-ring (bicyclic) bond motifs is 4. The van der Waals surface area contributed by atoms with Gasteiger partial charge in [-0.3, -0.25) is 14.6 Å². The first-order chi connectivity index (χ1) is 16.8. The Labute approximate surface area is 206 Å². The third kappa shape index (κ3) is 3.63. The number of nitrogens with one attached hydrogen (secondary N) is 2. The van der Waals surface area contributed by atoms with Crippen LogP contribution in [0.25, 0.3) is 10.9 Å².